The summed E-state index contributed by atoms with van der Waals surface area (Å²) in [6.07, 6.45) is 4.78. The van der Waals surface area contributed by atoms with Gasteiger partial charge in [0.1, 0.15) is 17.5 Å². The molecule has 0 saturated heterocycles. The minimum atomic E-state index is 0.507. The molecule has 3 aromatic rings. The van der Waals surface area contributed by atoms with E-state index in [0.29, 0.717) is 11.8 Å². The maximum Gasteiger partial charge on any atom is 0.138 e. The van der Waals surface area contributed by atoms with E-state index in [4.69, 9.17) is 27.9 Å². The summed E-state index contributed by atoms with van der Waals surface area (Å²) in [6, 6.07) is 20.0. The lowest BCUT2D eigenvalue weighted by molar-refractivity contribution is 0.305. The van der Waals surface area contributed by atoms with E-state index >= 15 is 0 Å². The van der Waals surface area contributed by atoms with Crippen LogP contribution in [0.3, 0.4) is 0 Å². The lowest BCUT2D eigenvalue weighted by Crippen LogP contribution is -2.28. The van der Waals surface area contributed by atoms with E-state index in [9.17, 15) is 0 Å². The average Bonchev–Trinajstić information content (AvgIpc) is 2.75. The van der Waals surface area contributed by atoms with Crippen molar-refractivity contribution in [2.24, 2.45) is 0 Å². The minimum Gasteiger partial charge on any atom is -0.487 e. The van der Waals surface area contributed by atoms with Crippen molar-refractivity contribution in [3.05, 3.63) is 94.2 Å². The van der Waals surface area contributed by atoms with Crippen LogP contribution in [-0.4, -0.2) is 18.1 Å². The topological polar surface area (TPSA) is 25.4 Å². The van der Waals surface area contributed by atoms with Crippen LogP contribution in [0.4, 0.5) is 5.69 Å². The fourth-order valence-corrected chi connectivity index (χ4v) is 3.62. The van der Waals surface area contributed by atoms with E-state index in [2.05, 4.69) is 16.0 Å². The number of benzene rings is 2. The lowest BCUT2D eigenvalue weighted by Gasteiger charge is -2.28. The first kappa shape index (κ1) is 18.9. The van der Waals surface area contributed by atoms with Crippen molar-refractivity contribution in [3.8, 4) is 5.75 Å². The molecule has 4 rings (SSSR count). The van der Waals surface area contributed by atoms with Gasteiger partial charge in [0.25, 0.3) is 0 Å². The summed E-state index contributed by atoms with van der Waals surface area (Å²) in [5.74, 6) is 0.726. The second-order valence-corrected chi connectivity index (χ2v) is 7.48. The Bertz CT molecular complexity index is 972. The SMILES string of the molecule is Clc1ccc(N2CC=C(c3cc(OCc4ccccc4)cnc3Cl)CC2)cc1. The van der Waals surface area contributed by atoms with Crippen LogP contribution in [0.1, 0.15) is 17.5 Å². The highest BCUT2D eigenvalue weighted by molar-refractivity contribution is 6.31. The van der Waals surface area contributed by atoms with Crippen molar-refractivity contribution >= 4 is 34.5 Å². The van der Waals surface area contributed by atoms with Crippen LogP contribution in [0.15, 0.2) is 72.9 Å². The van der Waals surface area contributed by atoms with Gasteiger partial charge in [-0.1, -0.05) is 59.6 Å². The van der Waals surface area contributed by atoms with Gasteiger partial charge in [-0.05, 0) is 47.9 Å². The molecule has 0 radical (unpaired) electrons. The van der Waals surface area contributed by atoms with Crippen LogP contribution in [0, 0.1) is 0 Å². The number of ether oxygens (including phenoxy) is 1. The number of halogens is 2. The van der Waals surface area contributed by atoms with Crippen LogP contribution >= 0.6 is 23.2 Å². The predicted molar refractivity (Wildman–Crippen MR) is 116 cm³/mol. The van der Waals surface area contributed by atoms with Gasteiger partial charge in [0.2, 0.25) is 0 Å². The summed E-state index contributed by atoms with van der Waals surface area (Å²) in [5.41, 5.74) is 4.44. The monoisotopic (exact) mass is 410 g/mol. The minimum absolute atomic E-state index is 0.507. The summed E-state index contributed by atoms with van der Waals surface area (Å²) in [6.45, 7) is 2.24. The summed E-state index contributed by atoms with van der Waals surface area (Å²) >= 11 is 12.4. The van der Waals surface area contributed by atoms with E-state index in [1.54, 1.807) is 6.20 Å². The third-order valence-corrected chi connectivity index (χ3v) is 5.36. The zero-order chi connectivity index (χ0) is 19.3. The van der Waals surface area contributed by atoms with Gasteiger partial charge in [0.05, 0.1) is 6.20 Å². The molecule has 5 heteroatoms. The van der Waals surface area contributed by atoms with Gasteiger partial charge in [-0.15, -0.1) is 0 Å². The van der Waals surface area contributed by atoms with Gasteiger partial charge >= 0.3 is 0 Å². The number of hydrogen-bond acceptors (Lipinski definition) is 3. The molecule has 3 nitrogen and oxygen atoms in total. The first-order valence-corrected chi connectivity index (χ1v) is 9.97. The molecule has 0 N–H and O–H groups in total. The van der Waals surface area contributed by atoms with Gasteiger partial charge in [0.15, 0.2) is 0 Å². The third kappa shape index (κ3) is 4.49. The van der Waals surface area contributed by atoms with Gasteiger partial charge in [-0.3, -0.25) is 0 Å². The number of pyridine rings is 1. The highest BCUT2D eigenvalue weighted by Gasteiger charge is 2.16. The van der Waals surface area contributed by atoms with Crippen LogP contribution in [0.5, 0.6) is 5.75 Å². The number of aromatic nitrogens is 1. The molecule has 0 bridgehead atoms. The molecule has 2 heterocycles. The number of rotatable bonds is 5. The molecule has 0 atom stereocenters. The molecule has 1 aromatic heterocycles. The largest absolute Gasteiger partial charge is 0.487 e. The second-order valence-electron chi connectivity index (χ2n) is 6.69. The molecule has 0 saturated carbocycles. The molecule has 0 amide bonds. The smallest absolute Gasteiger partial charge is 0.138 e. The Morgan fingerprint density at radius 3 is 2.50 bits per heavy atom. The molecule has 142 valence electrons. The average molecular weight is 411 g/mol. The van der Waals surface area contributed by atoms with Crippen molar-refractivity contribution < 1.29 is 4.74 Å². The predicted octanol–water partition coefficient (Wildman–Crippen LogP) is 6.26. The maximum absolute atomic E-state index is 6.38. The van der Waals surface area contributed by atoms with Crippen LogP contribution in [-0.2, 0) is 6.61 Å². The Morgan fingerprint density at radius 1 is 1.00 bits per heavy atom. The molecule has 1 aliphatic heterocycles. The summed E-state index contributed by atoms with van der Waals surface area (Å²) in [4.78, 5) is 6.64. The normalized spacial score (nSPS) is 13.9. The van der Waals surface area contributed by atoms with Gasteiger partial charge in [-0.2, -0.15) is 0 Å². The zero-order valence-electron chi connectivity index (χ0n) is 15.3. The molecule has 0 spiro atoms. The van der Waals surface area contributed by atoms with Crippen molar-refractivity contribution in [2.45, 2.75) is 13.0 Å². The molecular weight excluding hydrogens is 391 g/mol. The summed E-state index contributed by atoms with van der Waals surface area (Å²) < 4.78 is 5.91. The fraction of sp³-hybridized carbons (Fsp3) is 0.174. The Labute approximate surface area is 175 Å². The highest BCUT2D eigenvalue weighted by Crippen LogP contribution is 2.31. The van der Waals surface area contributed by atoms with Crippen LogP contribution in [0.25, 0.3) is 5.57 Å². The van der Waals surface area contributed by atoms with E-state index in [0.717, 1.165) is 41.4 Å². The standard InChI is InChI=1S/C23H20Cl2N2O/c24-19-6-8-20(9-7-19)27-12-10-18(11-13-27)22-14-21(15-26-23(22)25)28-16-17-4-2-1-3-5-17/h1-10,14-15H,11-13,16H2. The third-order valence-electron chi connectivity index (χ3n) is 4.81. The van der Waals surface area contributed by atoms with Gasteiger partial charge < -0.3 is 9.64 Å². The Hall–Kier alpha value is -2.49. The molecule has 0 fully saturated rings. The van der Waals surface area contributed by atoms with E-state index in [1.807, 2.05) is 60.7 Å². The van der Waals surface area contributed by atoms with Crippen LogP contribution < -0.4 is 9.64 Å². The van der Waals surface area contributed by atoms with Crippen molar-refractivity contribution in [2.75, 3.05) is 18.0 Å². The molecule has 1 aliphatic rings. The Morgan fingerprint density at radius 2 is 1.79 bits per heavy atom. The van der Waals surface area contributed by atoms with Crippen LogP contribution in [0.2, 0.25) is 10.2 Å². The number of hydrogen-bond donors (Lipinski definition) is 0. The first-order valence-electron chi connectivity index (χ1n) is 9.21. The van der Waals surface area contributed by atoms with Gasteiger partial charge in [0, 0.05) is 29.4 Å². The number of anilines is 1. The molecular formula is C23H20Cl2N2O. The highest BCUT2D eigenvalue weighted by atomic mass is 35.5. The molecule has 0 aliphatic carbocycles. The Balaban J connectivity index is 1.47. The van der Waals surface area contributed by atoms with Crippen molar-refractivity contribution in [1.29, 1.82) is 0 Å². The zero-order valence-corrected chi connectivity index (χ0v) is 16.8. The van der Waals surface area contributed by atoms with Crippen molar-refractivity contribution in [1.82, 2.24) is 4.98 Å². The Kier molecular flexibility index (Phi) is 5.84. The second kappa shape index (κ2) is 8.68. The molecule has 0 unspecified atom stereocenters. The summed E-state index contributed by atoms with van der Waals surface area (Å²) in [7, 11) is 0. The quantitative estimate of drug-likeness (QED) is 0.464. The first-order chi connectivity index (χ1) is 13.7. The molecule has 2 aromatic carbocycles. The number of nitrogens with zero attached hydrogens (tertiary/aromatic N) is 2. The van der Waals surface area contributed by atoms with E-state index in [-0.39, 0.29) is 0 Å². The summed E-state index contributed by atoms with van der Waals surface area (Å²) in [5, 5.41) is 1.26. The van der Waals surface area contributed by atoms with Crippen molar-refractivity contribution in [3.63, 3.8) is 0 Å². The maximum atomic E-state index is 6.38. The fourth-order valence-electron chi connectivity index (χ4n) is 3.27. The molecule has 28 heavy (non-hydrogen) atoms. The van der Waals surface area contributed by atoms with E-state index < -0.39 is 0 Å². The lowest BCUT2D eigenvalue weighted by atomic mass is 10.0. The van der Waals surface area contributed by atoms with E-state index in [1.165, 1.54) is 11.3 Å². The van der Waals surface area contributed by atoms with Gasteiger partial charge in [-0.25, -0.2) is 4.98 Å².